The van der Waals surface area contributed by atoms with Crippen LogP contribution in [0.1, 0.15) is 0 Å². The second-order valence-corrected chi connectivity index (χ2v) is 16.9. The zero-order chi connectivity index (χ0) is 28.8. The van der Waals surface area contributed by atoms with Gasteiger partial charge in [-0.25, -0.2) is 0 Å². The molecule has 0 saturated heterocycles. The summed E-state index contributed by atoms with van der Waals surface area (Å²) in [6, 6.07) is 11.3. The molecule has 4 aromatic carbocycles. The highest BCUT2D eigenvalue weighted by molar-refractivity contribution is 9.15. The van der Waals surface area contributed by atoms with Crippen molar-refractivity contribution >= 4 is 191 Å². The van der Waals surface area contributed by atoms with Crippen molar-refractivity contribution in [2.45, 2.75) is 0 Å². The molecule has 39 heavy (non-hydrogen) atoms. The molecular formula is C24H6Br12O3. The van der Waals surface area contributed by atoms with E-state index in [2.05, 4.69) is 191 Å². The van der Waals surface area contributed by atoms with E-state index in [4.69, 9.17) is 14.2 Å². The first-order valence-corrected chi connectivity index (χ1v) is 19.5. The van der Waals surface area contributed by atoms with Crippen molar-refractivity contribution in [3.05, 3.63) is 90.1 Å². The predicted molar refractivity (Wildman–Crippen MR) is 198 cm³/mol. The number of hydrogen-bond donors (Lipinski definition) is 0. The Morgan fingerprint density at radius 1 is 0.308 bits per heavy atom. The number of rotatable bonds is 6. The van der Waals surface area contributed by atoms with Crippen molar-refractivity contribution < 1.29 is 14.2 Å². The van der Waals surface area contributed by atoms with Gasteiger partial charge in [0.1, 0.15) is 11.5 Å². The van der Waals surface area contributed by atoms with Crippen molar-refractivity contribution in [3.63, 3.8) is 0 Å². The van der Waals surface area contributed by atoms with Gasteiger partial charge in [-0.05, 0) is 215 Å². The molecule has 4 aromatic rings. The fourth-order valence-electron chi connectivity index (χ4n) is 2.99. The molecule has 0 atom stereocenters. The minimum absolute atomic E-state index is 0.498. The fraction of sp³-hybridized carbons (Fsp3) is 0. The van der Waals surface area contributed by atoms with Crippen LogP contribution in [0.15, 0.2) is 90.1 Å². The largest absolute Gasteiger partial charge is 0.454 e. The SMILES string of the molecule is Brc1cccc(Oc2c(Br)c(Br)c(Oc3c(Br)c(Br)c(Oc4cccc(Br)c4Br)c(Br)c3Br)c(Br)c2Br)c1Br. The van der Waals surface area contributed by atoms with Crippen molar-refractivity contribution in [2.24, 2.45) is 0 Å². The average Bonchev–Trinajstić information content (AvgIpc) is 2.91. The van der Waals surface area contributed by atoms with Gasteiger partial charge in [0.15, 0.2) is 23.0 Å². The van der Waals surface area contributed by atoms with E-state index in [0.717, 1.165) is 17.9 Å². The lowest BCUT2D eigenvalue weighted by Gasteiger charge is -2.21. The molecule has 3 nitrogen and oxygen atoms in total. The maximum absolute atomic E-state index is 6.47. The Hall–Kier alpha value is 2.04. The van der Waals surface area contributed by atoms with Crippen LogP contribution in [0, 0.1) is 0 Å². The highest BCUT2D eigenvalue weighted by atomic mass is 79.9. The van der Waals surface area contributed by atoms with E-state index in [9.17, 15) is 0 Å². The summed E-state index contributed by atoms with van der Waals surface area (Å²) in [7, 11) is 0. The molecule has 0 aliphatic carbocycles. The number of benzene rings is 4. The smallest absolute Gasteiger partial charge is 0.158 e. The Bertz CT molecular complexity index is 1450. The highest BCUT2D eigenvalue weighted by Gasteiger charge is 2.28. The van der Waals surface area contributed by atoms with Gasteiger partial charge < -0.3 is 14.2 Å². The molecule has 0 unspecified atom stereocenters. The Kier molecular flexibility index (Phi) is 12.5. The Labute approximate surface area is 324 Å². The molecule has 0 bridgehead atoms. The first-order valence-electron chi connectivity index (χ1n) is 9.98. The highest BCUT2D eigenvalue weighted by Crippen LogP contribution is 2.57. The first kappa shape index (κ1) is 33.9. The summed E-state index contributed by atoms with van der Waals surface area (Å²) < 4.78 is 27.4. The van der Waals surface area contributed by atoms with Crippen molar-refractivity contribution in [3.8, 4) is 34.5 Å². The Balaban J connectivity index is 1.76. The summed E-state index contributed by atoms with van der Waals surface area (Å²) in [5.74, 6) is 3.34. The van der Waals surface area contributed by atoms with Gasteiger partial charge >= 0.3 is 0 Å². The van der Waals surface area contributed by atoms with E-state index >= 15 is 0 Å². The van der Waals surface area contributed by atoms with Crippen LogP contribution in [0.2, 0.25) is 0 Å². The average molecular weight is 1300 g/mol. The lowest BCUT2D eigenvalue weighted by atomic mass is 10.3. The van der Waals surface area contributed by atoms with Crippen molar-refractivity contribution in [2.75, 3.05) is 0 Å². The van der Waals surface area contributed by atoms with Gasteiger partial charge in [-0.15, -0.1) is 0 Å². The second kappa shape index (κ2) is 14.4. The van der Waals surface area contributed by atoms with Crippen LogP contribution in [-0.2, 0) is 0 Å². The van der Waals surface area contributed by atoms with Gasteiger partial charge in [-0.3, -0.25) is 0 Å². The van der Waals surface area contributed by atoms with Crippen LogP contribution < -0.4 is 14.2 Å². The molecule has 0 aliphatic heterocycles. The molecule has 0 amide bonds. The van der Waals surface area contributed by atoms with Crippen LogP contribution in [0.3, 0.4) is 0 Å². The third-order valence-electron chi connectivity index (χ3n) is 4.83. The number of hydrogen-bond acceptors (Lipinski definition) is 3. The lowest BCUT2D eigenvalue weighted by molar-refractivity contribution is 0.447. The zero-order valence-electron chi connectivity index (χ0n) is 18.2. The molecule has 0 N–H and O–H groups in total. The summed E-state index contributed by atoms with van der Waals surface area (Å²) in [6.45, 7) is 0. The van der Waals surface area contributed by atoms with Gasteiger partial charge in [0.25, 0.3) is 0 Å². The summed E-state index contributed by atoms with van der Waals surface area (Å²) in [5.41, 5.74) is 0. The molecule has 0 spiro atoms. The predicted octanol–water partition coefficient (Wildman–Crippen LogP) is 16.2. The van der Waals surface area contributed by atoms with Crippen LogP contribution in [0.4, 0.5) is 0 Å². The maximum Gasteiger partial charge on any atom is 0.158 e. The van der Waals surface area contributed by atoms with Crippen molar-refractivity contribution in [1.82, 2.24) is 0 Å². The quantitative estimate of drug-likeness (QED) is 0.180. The Morgan fingerprint density at radius 3 is 0.846 bits per heavy atom. The minimum Gasteiger partial charge on any atom is -0.454 e. The van der Waals surface area contributed by atoms with Crippen molar-refractivity contribution in [1.29, 1.82) is 0 Å². The number of ether oxygens (including phenoxy) is 3. The van der Waals surface area contributed by atoms with Gasteiger partial charge in [0.2, 0.25) is 0 Å². The zero-order valence-corrected chi connectivity index (χ0v) is 37.3. The lowest BCUT2D eigenvalue weighted by Crippen LogP contribution is -1.97. The van der Waals surface area contributed by atoms with E-state index < -0.39 is 0 Å². The molecule has 0 heterocycles. The standard InChI is InChI=1S/C24H6Br12O3/c25-7-3-1-5-9(11(7)27)37-21-13(29)17(33)23(18(34)14(21)30)39-24-19(35)15(31)22(16(32)20(24)36)38-10-6-2-4-8(26)12(10)28/h1-6H. The Morgan fingerprint density at radius 2 is 0.564 bits per heavy atom. The van der Waals surface area contributed by atoms with Gasteiger partial charge in [-0.1, -0.05) is 12.1 Å². The molecule has 0 saturated carbocycles. The van der Waals surface area contributed by atoms with Crippen LogP contribution in [0.5, 0.6) is 34.5 Å². The van der Waals surface area contributed by atoms with E-state index in [1.807, 2.05) is 36.4 Å². The molecule has 0 aliphatic rings. The van der Waals surface area contributed by atoms with Crippen LogP contribution in [-0.4, -0.2) is 0 Å². The monoisotopic (exact) mass is 1290 g/mol. The van der Waals surface area contributed by atoms with Gasteiger partial charge in [0.05, 0.1) is 44.7 Å². The first-order chi connectivity index (χ1) is 18.3. The molecule has 4 rings (SSSR count). The maximum atomic E-state index is 6.47. The minimum atomic E-state index is 0.498. The normalized spacial score (nSPS) is 11.1. The van der Waals surface area contributed by atoms with Gasteiger partial charge in [0, 0.05) is 8.95 Å². The third-order valence-corrected chi connectivity index (χ3v) is 17.0. The van der Waals surface area contributed by atoms with Gasteiger partial charge in [-0.2, -0.15) is 0 Å². The molecule has 15 heteroatoms. The number of halogens is 12. The molecule has 0 fully saturated rings. The van der Waals surface area contributed by atoms with E-state index in [1.54, 1.807) is 0 Å². The summed E-state index contributed by atoms with van der Waals surface area (Å²) in [6.07, 6.45) is 0. The van der Waals surface area contributed by atoms with E-state index in [0.29, 0.717) is 70.3 Å². The topological polar surface area (TPSA) is 27.7 Å². The molecular weight excluding hydrogens is 1300 g/mol. The molecule has 0 radical (unpaired) electrons. The summed E-state index contributed by atoms with van der Waals surface area (Å²) in [5, 5.41) is 0. The summed E-state index contributed by atoms with van der Waals surface area (Å²) in [4.78, 5) is 0. The molecule has 204 valence electrons. The summed E-state index contributed by atoms with van der Waals surface area (Å²) >= 11 is 43.4. The third kappa shape index (κ3) is 7.15. The van der Waals surface area contributed by atoms with E-state index in [-0.39, 0.29) is 0 Å². The van der Waals surface area contributed by atoms with E-state index in [1.165, 1.54) is 0 Å². The van der Waals surface area contributed by atoms with Crippen LogP contribution in [0.25, 0.3) is 0 Å². The molecule has 0 aromatic heterocycles. The fourth-order valence-corrected chi connectivity index (χ4v) is 9.11. The second-order valence-electron chi connectivity index (χ2n) is 7.24. The van der Waals surface area contributed by atoms with Crippen LogP contribution >= 0.6 is 191 Å².